The quantitative estimate of drug-likeness (QED) is 0.648. The van der Waals surface area contributed by atoms with Crippen LogP contribution in [0, 0.1) is 5.92 Å². The molecule has 0 aromatic carbocycles. The first kappa shape index (κ1) is 12.6. The molecule has 1 unspecified atom stereocenters. The highest BCUT2D eigenvalue weighted by molar-refractivity contribution is 8.56. The van der Waals surface area contributed by atoms with E-state index in [1.54, 1.807) is 6.66 Å². The first-order valence-corrected chi connectivity index (χ1v) is 9.17. The lowest BCUT2D eigenvalue weighted by Crippen LogP contribution is -1.95. The molecule has 0 saturated heterocycles. The van der Waals surface area contributed by atoms with Crippen molar-refractivity contribution < 1.29 is 9.09 Å². The summed E-state index contributed by atoms with van der Waals surface area (Å²) in [5.41, 5.74) is 0. The van der Waals surface area contributed by atoms with Gasteiger partial charge < -0.3 is 4.52 Å². The topological polar surface area (TPSA) is 26.3 Å². The molecule has 0 heterocycles. The molecule has 0 bridgehead atoms. The average molecular weight is 236 g/mol. The molecule has 0 spiro atoms. The lowest BCUT2D eigenvalue weighted by molar-refractivity contribution is 0.350. The predicted octanol–water partition coefficient (Wildman–Crippen LogP) is 4.16. The van der Waals surface area contributed by atoms with Crippen molar-refractivity contribution in [3.05, 3.63) is 0 Å². The summed E-state index contributed by atoms with van der Waals surface area (Å²) in [4.78, 5) is 0. The Morgan fingerprint density at radius 2 is 2.07 bits per heavy atom. The molecule has 0 aliphatic heterocycles. The second-order valence-electron chi connectivity index (χ2n) is 3.96. The van der Waals surface area contributed by atoms with Crippen molar-refractivity contribution in [2.24, 2.45) is 5.92 Å². The van der Waals surface area contributed by atoms with Crippen molar-refractivity contribution in [2.75, 3.05) is 19.0 Å². The Balaban J connectivity index is 2.10. The van der Waals surface area contributed by atoms with E-state index in [-0.39, 0.29) is 0 Å². The van der Waals surface area contributed by atoms with Gasteiger partial charge in [-0.2, -0.15) is 0 Å². The standard InChI is InChI=1S/C10H21O2PS/c1-3-12-13(2,11)14-9-8-10-6-4-5-7-10/h10H,3-9H2,1-2H3. The molecular weight excluding hydrogens is 215 g/mol. The lowest BCUT2D eigenvalue weighted by atomic mass is 10.1. The molecule has 14 heavy (non-hydrogen) atoms. The molecule has 1 fully saturated rings. The summed E-state index contributed by atoms with van der Waals surface area (Å²) in [6.07, 6.45) is 6.76. The lowest BCUT2D eigenvalue weighted by Gasteiger charge is -2.13. The Morgan fingerprint density at radius 3 is 2.64 bits per heavy atom. The van der Waals surface area contributed by atoms with E-state index in [0.717, 1.165) is 11.7 Å². The zero-order valence-electron chi connectivity index (χ0n) is 9.20. The summed E-state index contributed by atoms with van der Waals surface area (Å²) < 4.78 is 16.9. The normalized spacial score (nSPS) is 22.4. The van der Waals surface area contributed by atoms with Gasteiger partial charge in [-0.15, -0.1) is 0 Å². The molecule has 1 aliphatic rings. The first-order chi connectivity index (χ1) is 6.64. The average Bonchev–Trinajstić information content (AvgIpc) is 2.56. The fourth-order valence-electron chi connectivity index (χ4n) is 1.96. The van der Waals surface area contributed by atoms with Crippen LogP contribution >= 0.6 is 18.0 Å². The predicted molar refractivity (Wildman–Crippen MR) is 64.2 cm³/mol. The second-order valence-corrected chi connectivity index (χ2v) is 9.19. The van der Waals surface area contributed by atoms with Gasteiger partial charge in [-0.1, -0.05) is 37.1 Å². The van der Waals surface area contributed by atoms with Gasteiger partial charge in [-0.25, -0.2) is 0 Å². The van der Waals surface area contributed by atoms with Gasteiger partial charge in [-0.05, 0) is 19.3 Å². The Hall–Kier alpha value is 0.540. The van der Waals surface area contributed by atoms with Crippen molar-refractivity contribution in [3.8, 4) is 0 Å². The van der Waals surface area contributed by atoms with Crippen LogP contribution in [-0.2, 0) is 9.09 Å². The second kappa shape index (κ2) is 6.19. The van der Waals surface area contributed by atoms with Gasteiger partial charge in [0.1, 0.15) is 0 Å². The minimum absolute atomic E-state index is 0.560. The van der Waals surface area contributed by atoms with Gasteiger partial charge >= 0.3 is 0 Å². The molecule has 4 heteroatoms. The molecular formula is C10H21O2PS. The van der Waals surface area contributed by atoms with Crippen LogP contribution in [0.15, 0.2) is 0 Å². The fraction of sp³-hybridized carbons (Fsp3) is 1.00. The third kappa shape index (κ3) is 4.86. The summed E-state index contributed by atoms with van der Waals surface area (Å²) in [5.74, 6) is 1.89. The SMILES string of the molecule is CCOP(C)(=O)SCCC1CCCC1. The third-order valence-corrected chi connectivity index (χ3v) is 6.58. The van der Waals surface area contributed by atoms with E-state index >= 15 is 0 Å². The minimum Gasteiger partial charge on any atom is -0.322 e. The maximum Gasteiger partial charge on any atom is 0.254 e. The van der Waals surface area contributed by atoms with Crippen LogP contribution in [0.3, 0.4) is 0 Å². The number of hydrogen-bond donors (Lipinski definition) is 0. The number of hydrogen-bond acceptors (Lipinski definition) is 3. The highest BCUT2D eigenvalue weighted by Gasteiger charge is 2.19. The van der Waals surface area contributed by atoms with Gasteiger partial charge in [0.15, 0.2) is 0 Å². The Labute approximate surface area is 91.4 Å². The highest BCUT2D eigenvalue weighted by Crippen LogP contribution is 2.56. The molecule has 1 atom stereocenters. The van der Waals surface area contributed by atoms with E-state index in [1.807, 2.05) is 6.92 Å². The van der Waals surface area contributed by atoms with Gasteiger partial charge in [0.05, 0.1) is 6.61 Å². The van der Waals surface area contributed by atoms with Gasteiger partial charge in [0.25, 0.3) is 6.57 Å². The van der Waals surface area contributed by atoms with Gasteiger partial charge in [0.2, 0.25) is 0 Å². The van der Waals surface area contributed by atoms with E-state index in [9.17, 15) is 4.57 Å². The molecule has 0 radical (unpaired) electrons. The largest absolute Gasteiger partial charge is 0.322 e. The molecule has 0 aromatic rings. The van der Waals surface area contributed by atoms with Crippen molar-refractivity contribution in [2.45, 2.75) is 39.0 Å². The highest BCUT2D eigenvalue weighted by atomic mass is 32.7. The molecule has 84 valence electrons. The van der Waals surface area contributed by atoms with E-state index in [1.165, 1.54) is 43.5 Å². The summed E-state index contributed by atoms with van der Waals surface area (Å²) in [6, 6.07) is 0. The third-order valence-electron chi connectivity index (χ3n) is 2.69. The molecule has 0 N–H and O–H groups in total. The minimum atomic E-state index is -2.33. The van der Waals surface area contributed by atoms with Crippen molar-refractivity contribution in [1.82, 2.24) is 0 Å². The molecule has 0 aromatic heterocycles. The van der Waals surface area contributed by atoms with Gasteiger partial charge in [-0.3, -0.25) is 4.57 Å². The van der Waals surface area contributed by atoms with Gasteiger partial charge in [0, 0.05) is 12.4 Å². The van der Waals surface area contributed by atoms with Crippen LogP contribution in [-0.4, -0.2) is 19.0 Å². The molecule has 1 saturated carbocycles. The van der Waals surface area contributed by atoms with Crippen molar-refractivity contribution in [1.29, 1.82) is 0 Å². The zero-order valence-corrected chi connectivity index (χ0v) is 10.9. The molecule has 1 aliphatic carbocycles. The number of rotatable bonds is 6. The van der Waals surface area contributed by atoms with Crippen LogP contribution in [0.25, 0.3) is 0 Å². The summed E-state index contributed by atoms with van der Waals surface area (Å²) >= 11 is 1.52. The smallest absolute Gasteiger partial charge is 0.254 e. The van der Waals surface area contributed by atoms with Crippen LogP contribution in [0.1, 0.15) is 39.0 Å². The monoisotopic (exact) mass is 236 g/mol. The zero-order chi connectivity index (χ0) is 10.4. The summed E-state index contributed by atoms with van der Waals surface area (Å²) in [7, 11) is 0. The van der Waals surface area contributed by atoms with Crippen LogP contribution in [0.4, 0.5) is 0 Å². The Morgan fingerprint density at radius 1 is 1.43 bits per heavy atom. The van der Waals surface area contributed by atoms with Crippen LogP contribution < -0.4 is 0 Å². The van der Waals surface area contributed by atoms with Crippen LogP contribution in [0.2, 0.25) is 0 Å². The van der Waals surface area contributed by atoms with E-state index in [0.29, 0.717) is 6.61 Å². The van der Waals surface area contributed by atoms with Crippen molar-refractivity contribution >= 4 is 18.0 Å². The fourth-order valence-corrected chi connectivity index (χ4v) is 5.12. The molecule has 0 amide bonds. The summed E-state index contributed by atoms with van der Waals surface area (Å²) in [5, 5.41) is 0. The maximum absolute atomic E-state index is 11.7. The van der Waals surface area contributed by atoms with E-state index in [4.69, 9.17) is 4.52 Å². The first-order valence-electron chi connectivity index (χ1n) is 5.50. The maximum atomic E-state index is 11.7. The Bertz CT molecular complexity index is 202. The van der Waals surface area contributed by atoms with Crippen LogP contribution in [0.5, 0.6) is 0 Å². The van der Waals surface area contributed by atoms with E-state index < -0.39 is 6.57 Å². The molecule has 2 nitrogen and oxygen atoms in total. The Kier molecular flexibility index (Phi) is 5.58. The van der Waals surface area contributed by atoms with Crippen molar-refractivity contribution in [3.63, 3.8) is 0 Å². The summed E-state index contributed by atoms with van der Waals surface area (Å²) in [6.45, 7) is 1.86. The molecule has 1 rings (SSSR count). The van der Waals surface area contributed by atoms with E-state index in [2.05, 4.69) is 0 Å².